The van der Waals surface area contributed by atoms with Crippen molar-refractivity contribution in [3.63, 3.8) is 0 Å². The Hall–Kier alpha value is -13.9. The molecule has 9 aromatic rings. The number of likely N-dealkylation sites (tertiary alicyclic amines) is 1. The van der Waals surface area contributed by atoms with Gasteiger partial charge in [-0.1, -0.05) is 257 Å². The molecule has 7 amide bonds. The number of Topliss-reactive ketones (excluding diaryl/α,β-unsaturated/α-hetero) is 6. The highest BCUT2D eigenvalue weighted by Gasteiger charge is 2.34. The zero-order valence-electron chi connectivity index (χ0n) is 78.6. The minimum Gasteiger partial charge on any atom is -0.450 e. The molecule has 1 aliphatic heterocycles. The van der Waals surface area contributed by atoms with Crippen LogP contribution in [0, 0.1) is 11.7 Å². The molecule has 7 saturated carbocycles. The number of hydrogen-bond donors (Lipinski definition) is 6. The van der Waals surface area contributed by atoms with E-state index in [1.54, 1.807) is 109 Å². The molecule has 6 N–H and O–H groups in total. The summed E-state index contributed by atoms with van der Waals surface area (Å²) in [7, 11) is 0. The molecular weight excluding hydrogens is 1820 g/mol. The molecule has 17 rings (SSSR count). The topological polar surface area (TPSA) is 366 Å². The first kappa shape index (κ1) is 105. The maximum atomic E-state index is 13.7. The SMILES string of the molecule is O=C(N[C@H]1CCC1=O)OCc1ccc(-c2ccccc2F)cc1.O=C(N[C@H]1CCC1=O)OCc1ccc(C(=O)CC2CCCCC2)cc1.O=C(N[C@H]1CCC1=O)OCc1ccc(C(=O)CCc2ccccc2)cc1.O=C(N[C@H]1CCC1=O)OCc1ccc(C(=O)N2CCCCC2)cc1.O=C(N[C@H]1CCC1=S)OCCCCCc1ccccc1.O=C(N[C@H]1CCC1=S)OCc1ccc(-c2ccccc2)nc1. The number of aryl methyl sites for hydroxylation is 2. The standard InChI is InChI=1S/C21H21NO4.C20H25NO4.C18H16FNO3.C18H22N2O4.C17H16N2O2S.C16H21NO2S/c23-19(12-8-15-4-2-1-3-5-15)17-9-6-16(7-10-17)14-26-21(25)22-18-11-13-20(18)24;22-18-11-10-17(18)21-20(24)25-13-15-6-8-16(9-7-15)19(23)12-14-4-2-1-3-5-14;19-15-4-2-1-3-14(15)13-7-5-12(6-8-13)11-23-18(22)20-16-9-10-17(16)21;21-16-9-8-15(16)19-18(23)24-12-13-4-6-14(7-5-13)17(22)20-10-2-1-3-11-20;20-17(19-15-8-9-16(15)22)21-11-12-6-7-14(18-10-12)13-4-2-1-3-5-13;18-16(17-14-10-11-15(14)20)19-12-6-2-5-9-13-7-3-1-4-8-13/h1-7,9-10,18H,8,11-14H2,(H,22,25);6-9,14,17H,1-5,10-13H2,(H,21,24);1-8,16H,9-11H2,(H,20,22);4-7,15H,1-3,8-12H2,(H,19,23);1-7,10,15H,8-9,11H2,(H,19,20);1,3-4,7-8,14H,2,5-6,9-12H2,(H,17,18)/t18-;17-;16-;2*15-;14-/m000000/s1. The minimum atomic E-state index is -0.596. The number of unbranched alkanes of at least 4 members (excludes halogenated alkanes) is 2. The largest absolute Gasteiger partial charge is 0.450 e. The number of nitrogens with one attached hydrogen (secondary N) is 6. The van der Waals surface area contributed by atoms with Gasteiger partial charge >= 0.3 is 36.6 Å². The lowest BCUT2D eigenvalue weighted by Crippen LogP contribution is -2.47. The predicted octanol–water partition coefficient (Wildman–Crippen LogP) is 20.1. The second kappa shape index (κ2) is 55.7. The summed E-state index contributed by atoms with van der Waals surface area (Å²) in [6, 6.07) is 67.7. The molecule has 734 valence electrons. The number of piperidine rings is 1. The zero-order valence-corrected chi connectivity index (χ0v) is 80.2. The van der Waals surface area contributed by atoms with Gasteiger partial charge in [0.1, 0.15) is 38.9 Å². The van der Waals surface area contributed by atoms with Crippen molar-refractivity contribution < 1.29 is 95.1 Å². The summed E-state index contributed by atoms with van der Waals surface area (Å²) in [6.45, 7) is 2.78. The average molecular weight is 1940 g/mol. The number of alkyl carbamates (subject to hydrolysis) is 6. The number of thiocarbonyl (C=S) groups is 2. The molecule has 27 nitrogen and oxygen atoms in total. The van der Waals surface area contributed by atoms with Crippen molar-refractivity contribution in [1.29, 1.82) is 0 Å². The van der Waals surface area contributed by atoms with Gasteiger partial charge in [0.25, 0.3) is 5.91 Å². The fourth-order valence-corrected chi connectivity index (χ4v) is 16.4. The first-order valence-electron chi connectivity index (χ1n) is 48.3. The fraction of sp³-hybridized carbons (Fsp3) is 0.382. The van der Waals surface area contributed by atoms with Gasteiger partial charge in [-0.2, -0.15) is 0 Å². The highest BCUT2D eigenvalue weighted by Crippen LogP contribution is 2.30. The van der Waals surface area contributed by atoms with Gasteiger partial charge in [0, 0.05) is 101 Å². The van der Waals surface area contributed by atoms with Gasteiger partial charge < -0.3 is 65.2 Å². The Balaban J connectivity index is 0.000000151. The van der Waals surface area contributed by atoms with Crippen LogP contribution in [0.3, 0.4) is 0 Å². The van der Waals surface area contributed by atoms with Crippen LogP contribution in [-0.4, -0.2) is 153 Å². The molecule has 8 aromatic carbocycles. The van der Waals surface area contributed by atoms with E-state index in [9.17, 15) is 66.7 Å². The number of halogens is 1. The minimum absolute atomic E-state index is 0.00100. The van der Waals surface area contributed by atoms with E-state index in [0.29, 0.717) is 99.8 Å². The summed E-state index contributed by atoms with van der Waals surface area (Å²) in [6.07, 6.45) is 22.5. The number of carbonyl (C=O) groups is 13. The number of rotatable bonds is 32. The molecule has 1 aromatic heterocycles. The third-order valence-corrected chi connectivity index (χ3v) is 26.3. The van der Waals surface area contributed by atoms with Crippen molar-refractivity contribution in [2.45, 2.75) is 243 Å². The Morgan fingerprint density at radius 2 is 0.707 bits per heavy atom. The third-order valence-electron chi connectivity index (χ3n) is 25.3. The molecule has 6 atom stereocenters. The van der Waals surface area contributed by atoms with Crippen LogP contribution >= 0.6 is 24.4 Å². The normalized spacial score (nSPS) is 17.9. The second-order valence-electron chi connectivity index (χ2n) is 35.6. The number of nitrogens with zero attached hydrogens (tertiary/aromatic N) is 2. The highest BCUT2D eigenvalue weighted by atomic mass is 32.1. The van der Waals surface area contributed by atoms with Crippen molar-refractivity contribution in [3.05, 3.63) is 292 Å². The van der Waals surface area contributed by atoms with Gasteiger partial charge in [0.05, 0.1) is 48.6 Å². The maximum Gasteiger partial charge on any atom is 0.408 e. The van der Waals surface area contributed by atoms with Gasteiger partial charge in [-0.3, -0.25) is 38.5 Å². The van der Waals surface area contributed by atoms with Crippen LogP contribution in [0.2, 0.25) is 0 Å². The van der Waals surface area contributed by atoms with Gasteiger partial charge in [-0.15, -0.1) is 0 Å². The van der Waals surface area contributed by atoms with E-state index in [0.717, 1.165) is 156 Å². The number of ether oxygens (including phenoxy) is 6. The molecular formula is C110H121FN8O19S2. The molecule has 7 aliphatic carbocycles. The first-order chi connectivity index (χ1) is 68.0. The van der Waals surface area contributed by atoms with Gasteiger partial charge in [0.2, 0.25) is 0 Å². The Morgan fingerprint density at radius 3 is 1.11 bits per heavy atom. The third kappa shape index (κ3) is 34.9. The van der Waals surface area contributed by atoms with Gasteiger partial charge in [-0.25, -0.2) is 33.2 Å². The smallest absolute Gasteiger partial charge is 0.408 e. The average Bonchev–Trinajstić information content (AvgIpc) is 0.849. The van der Waals surface area contributed by atoms with Crippen LogP contribution in [-0.2, 0) is 93.5 Å². The number of carbonyl (C=O) groups excluding carboxylic acids is 13. The lowest BCUT2D eigenvalue weighted by Gasteiger charge is -2.27. The van der Waals surface area contributed by atoms with Crippen LogP contribution < -0.4 is 31.9 Å². The Bertz CT molecular complexity index is 5680. The number of aromatic nitrogens is 1. The summed E-state index contributed by atoms with van der Waals surface area (Å²) in [5.74, 6) is 0.775. The summed E-state index contributed by atoms with van der Waals surface area (Å²) < 4.78 is 44.4. The number of benzene rings is 8. The number of ketones is 6. The van der Waals surface area contributed by atoms with Crippen molar-refractivity contribution in [3.8, 4) is 22.4 Å². The summed E-state index contributed by atoms with van der Waals surface area (Å²) in [5, 5.41) is 15.7. The summed E-state index contributed by atoms with van der Waals surface area (Å²) >= 11 is 10.2. The summed E-state index contributed by atoms with van der Waals surface area (Å²) in [5.41, 5.74) is 11.8. The predicted molar refractivity (Wildman–Crippen MR) is 534 cm³/mol. The Morgan fingerprint density at radius 1 is 0.336 bits per heavy atom. The monoisotopic (exact) mass is 1940 g/mol. The quantitative estimate of drug-likeness (QED) is 0.00987. The molecule has 30 heteroatoms. The lowest BCUT2D eigenvalue weighted by molar-refractivity contribution is -0.127. The second-order valence-corrected chi connectivity index (χ2v) is 36.7. The van der Waals surface area contributed by atoms with E-state index in [2.05, 4.69) is 61.2 Å². The lowest BCUT2D eigenvalue weighted by atomic mass is 9.85. The van der Waals surface area contributed by atoms with Crippen LogP contribution in [0.1, 0.15) is 231 Å². The molecule has 2 heterocycles. The highest BCUT2D eigenvalue weighted by molar-refractivity contribution is 7.80. The van der Waals surface area contributed by atoms with E-state index < -0.39 is 42.5 Å². The fourth-order valence-electron chi connectivity index (χ4n) is 15.8. The van der Waals surface area contributed by atoms with Crippen molar-refractivity contribution in [2.24, 2.45) is 5.92 Å². The molecule has 0 unspecified atom stereocenters. The van der Waals surface area contributed by atoms with E-state index >= 15 is 0 Å². The van der Waals surface area contributed by atoms with E-state index in [1.807, 2.05) is 95.9 Å². The number of amides is 7. The molecule has 8 fully saturated rings. The molecule has 1 saturated heterocycles. The number of pyridine rings is 1. The summed E-state index contributed by atoms with van der Waals surface area (Å²) in [4.78, 5) is 159. The molecule has 0 radical (unpaired) electrons. The number of hydrogen-bond acceptors (Lipinski definition) is 22. The van der Waals surface area contributed by atoms with Gasteiger partial charge in [0.15, 0.2) is 34.7 Å². The van der Waals surface area contributed by atoms with Gasteiger partial charge in [-0.05, 0) is 172 Å². The van der Waals surface area contributed by atoms with Crippen LogP contribution in [0.15, 0.2) is 231 Å². The van der Waals surface area contributed by atoms with Crippen molar-refractivity contribution >= 4 is 111 Å². The van der Waals surface area contributed by atoms with E-state index in [1.165, 1.54) is 37.3 Å². The molecule has 0 bridgehead atoms. The Labute approximate surface area is 826 Å². The molecule has 8 aliphatic rings. The Kier molecular flexibility index (Phi) is 41.7. The first-order valence-corrected chi connectivity index (χ1v) is 49.1. The van der Waals surface area contributed by atoms with Crippen LogP contribution in [0.5, 0.6) is 0 Å². The van der Waals surface area contributed by atoms with E-state index in [-0.39, 0.29) is 110 Å². The maximum absolute atomic E-state index is 13.7. The zero-order chi connectivity index (χ0) is 98.8. The van der Waals surface area contributed by atoms with E-state index in [4.69, 9.17) is 52.9 Å². The van der Waals surface area contributed by atoms with Crippen molar-refractivity contribution in [1.82, 2.24) is 41.8 Å². The molecule has 140 heavy (non-hydrogen) atoms. The molecule has 0 spiro atoms. The van der Waals surface area contributed by atoms with Crippen LogP contribution in [0.4, 0.5) is 33.2 Å². The van der Waals surface area contributed by atoms with Crippen LogP contribution in [0.25, 0.3) is 22.4 Å². The van der Waals surface area contributed by atoms with Crippen molar-refractivity contribution in [2.75, 3.05) is 19.7 Å².